The van der Waals surface area contributed by atoms with Crippen LogP contribution in [0.3, 0.4) is 0 Å². The minimum absolute atomic E-state index is 0.181. The molecular formula is C12H11BrClN3O2. The quantitative estimate of drug-likeness (QED) is 0.926. The van der Waals surface area contributed by atoms with Gasteiger partial charge in [-0.25, -0.2) is 0 Å². The molecular weight excluding hydrogens is 334 g/mol. The average molecular weight is 345 g/mol. The molecule has 0 saturated heterocycles. The highest BCUT2D eigenvalue weighted by Gasteiger charge is 2.10. The maximum atomic E-state index is 11.9. The van der Waals surface area contributed by atoms with Crippen LogP contribution < -0.4 is 5.32 Å². The standard InChI is InChI=1S/C12H11BrClN3O2/c1-7-16-11(19-17-7)4-5-15-12(18)9-3-2-8(14)6-10(9)13/h2-3,6H,4-5H2,1H3,(H,15,18). The number of aryl methyl sites for hydroxylation is 1. The zero-order chi connectivity index (χ0) is 13.8. The van der Waals surface area contributed by atoms with Crippen molar-refractivity contribution in [3.63, 3.8) is 0 Å². The molecule has 0 aliphatic carbocycles. The minimum atomic E-state index is -0.181. The number of amides is 1. The second-order valence-electron chi connectivity index (χ2n) is 3.87. The summed E-state index contributed by atoms with van der Waals surface area (Å²) in [5, 5.41) is 7.03. The summed E-state index contributed by atoms with van der Waals surface area (Å²) in [4.78, 5) is 16.0. The van der Waals surface area contributed by atoms with Crippen molar-refractivity contribution < 1.29 is 9.32 Å². The van der Waals surface area contributed by atoms with Gasteiger partial charge in [-0.1, -0.05) is 16.8 Å². The van der Waals surface area contributed by atoms with Crippen LogP contribution in [0.2, 0.25) is 5.02 Å². The molecule has 0 atom stereocenters. The molecule has 0 spiro atoms. The number of rotatable bonds is 4. The van der Waals surface area contributed by atoms with Gasteiger partial charge in [0.15, 0.2) is 5.82 Å². The van der Waals surface area contributed by atoms with Crippen LogP contribution in [0.5, 0.6) is 0 Å². The summed E-state index contributed by atoms with van der Waals surface area (Å²) >= 11 is 9.12. The lowest BCUT2D eigenvalue weighted by Gasteiger charge is -2.05. The SMILES string of the molecule is Cc1noc(CCNC(=O)c2ccc(Cl)cc2Br)n1. The molecule has 2 aromatic rings. The van der Waals surface area contributed by atoms with Crippen molar-refractivity contribution in [2.75, 3.05) is 6.54 Å². The fourth-order valence-electron chi connectivity index (χ4n) is 1.49. The Balaban J connectivity index is 1.90. The van der Waals surface area contributed by atoms with Crippen molar-refractivity contribution in [1.82, 2.24) is 15.5 Å². The van der Waals surface area contributed by atoms with Gasteiger partial charge in [0.25, 0.3) is 5.91 Å². The third kappa shape index (κ3) is 3.78. The Bertz CT molecular complexity index is 600. The molecule has 0 bridgehead atoms. The Kier molecular flexibility index (Phi) is 4.55. The van der Waals surface area contributed by atoms with Crippen molar-refractivity contribution in [2.24, 2.45) is 0 Å². The molecule has 0 saturated carbocycles. The van der Waals surface area contributed by atoms with Crippen LogP contribution >= 0.6 is 27.5 Å². The summed E-state index contributed by atoms with van der Waals surface area (Å²) in [5.74, 6) is 0.912. The number of carbonyl (C=O) groups excluding carboxylic acids is 1. The minimum Gasteiger partial charge on any atom is -0.351 e. The number of halogens is 2. The fraction of sp³-hybridized carbons (Fsp3) is 0.250. The van der Waals surface area contributed by atoms with Crippen molar-refractivity contribution in [3.8, 4) is 0 Å². The van der Waals surface area contributed by atoms with Crippen LogP contribution in [-0.4, -0.2) is 22.6 Å². The van der Waals surface area contributed by atoms with E-state index in [0.717, 1.165) is 0 Å². The Labute approximate surface area is 123 Å². The van der Waals surface area contributed by atoms with E-state index < -0.39 is 0 Å². The number of aromatic nitrogens is 2. The van der Waals surface area contributed by atoms with E-state index in [1.54, 1.807) is 25.1 Å². The first-order chi connectivity index (χ1) is 9.06. The first-order valence-corrected chi connectivity index (χ1v) is 6.76. The van der Waals surface area contributed by atoms with E-state index in [1.165, 1.54) is 0 Å². The second kappa shape index (κ2) is 6.16. The van der Waals surface area contributed by atoms with Crippen LogP contribution in [-0.2, 0) is 6.42 Å². The van der Waals surface area contributed by atoms with Gasteiger partial charge in [-0.05, 0) is 41.1 Å². The lowest BCUT2D eigenvalue weighted by molar-refractivity contribution is 0.0952. The lowest BCUT2D eigenvalue weighted by Crippen LogP contribution is -2.26. The Hall–Kier alpha value is -1.40. The van der Waals surface area contributed by atoms with Gasteiger partial charge in [0.05, 0.1) is 5.56 Å². The molecule has 7 heteroatoms. The van der Waals surface area contributed by atoms with Gasteiger partial charge >= 0.3 is 0 Å². The van der Waals surface area contributed by atoms with E-state index in [4.69, 9.17) is 16.1 Å². The number of benzene rings is 1. The molecule has 0 radical (unpaired) electrons. The smallest absolute Gasteiger partial charge is 0.252 e. The highest BCUT2D eigenvalue weighted by molar-refractivity contribution is 9.10. The molecule has 1 N–H and O–H groups in total. The maximum absolute atomic E-state index is 11.9. The van der Waals surface area contributed by atoms with Gasteiger partial charge in [0.2, 0.25) is 5.89 Å². The topological polar surface area (TPSA) is 68.0 Å². The number of nitrogens with one attached hydrogen (secondary N) is 1. The predicted molar refractivity (Wildman–Crippen MR) is 74.2 cm³/mol. The summed E-state index contributed by atoms with van der Waals surface area (Å²) in [7, 11) is 0. The molecule has 19 heavy (non-hydrogen) atoms. The van der Waals surface area contributed by atoms with E-state index in [2.05, 4.69) is 31.4 Å². The van der Waals surface area contributed by atoms with Crippen LogP contribution in [0.1, 0.15) is 22.1 Å². The Morgan fingerprint density at radius 3 is 2.95 bits per heavy atom. The van der Waals surface area contributed by atoms with Gasteiger partial charge < -0.3 is 9.84 Å². The highest BCUT2D eigenvalue weighted by atomic mass is 79.9. The molecule has 0 aliphatic rings. The molecule has 2 rings (SSSR count). The molecule has 5 nitrogen and oxygen atoms in total. The normalized spacial score (nSPS) is 10.5. The molecule has 0 aliphatic heterocycles. The zero-order valence-electron chi connectivity index (χ0n) is 10.1. The third-order valence-corrected chi connectivity index (χ3v) is 3.26. The van der Waals surface area contributed by atoms with E-state index in [-0.39, 0.29) is 5.91 Å². The van der Waals surface area contributed by atoms with Crippen LogP contribution in [0.25, 0.3) is 0 Å². The van der Waals surface area contributed by atoms with Gasteiger partial charge in [0, 0.05) is 22.5 Å². The summed E-state index contributed by atoms with van der Waals surface area (Å²) in [5.41, 5.74) is 0.533. The molecule has 100 valence electrons. The van der Waals surface area contributed by atoms with Gasteiger partial charge in [-0.15, -0.1) is 0 Å². The van der Waals surface area contributed by atoms with Crippen LogP contribution in [0, 0.1) is 6.92 Å². The van der Waals surface area contributed by atoms with Crippen molar-refractivity contribution in [2.45, 2.75) is 13.3 Å². The van der Waals surface area contributed by atoms with E-state index in [9.17, 15) is 4.79 Å². The molecule has 0 unspecified atom stereocenters. The number of nitrogens with zero attached hydrogens (tertiary/aromatic N) is 2. The van der Waals surface area contributed by atoms with E-state index in [0.29, 0.717) is 39.7 Å². The second-order valence-corrected chi connectivity index (χ2v) is 5.16. The average Bonchev–Trinajstić information content (AvgIpc) is 2.75. The largest absolute Gasteiger partial charge is 0.351 e. The summed E-state index contributed by atoms with van der Waals surface area (Å²) in [6.07, 6.45) is 0.498. The monoisotopic (exact) mass is 343 g/mol. The number of hydrogen-bond donors (Lipinski definition) is 1. The molecule has 1 aromatic heterocycles. The number of hydrogen-bond acceptors (Lipinski definition) is 4. The molecule has 1 heterocycles. The van der Waals surface area contributed by atoms with E-state index in [1.807, 2.05) is 0 Å². The van der Waals surface area contributed by atoms with Crippen LogP contribution in [0.4, 0.5) is 0 Å². The molecule has 1 amide bonds. The van der Waals surface area contributed by atoms with Crippen molar-refractivity contribution in [3.05, 3.63) is 45.0 Å². The Morgan fingerprint density at radius 1 is 1.53 bits per heavy atom. The summed E-state index contributed by atoms with van der Waals surface area (Å²) in [6, 6.07) is 5.01. The van der Waals surface area contributed by atoms with E-state index >= 15 is 0 Å². The lowest BCUT2D eigenvalue weighted by atomic mass is 10.2. The summed E-state index contributed by atoms with van der Waals surface area (Å²) in [6.45, 7) is 2.17. The third-order valence-electron chi connectivity index (χ3n) is 2.37. The Morgan fingerprint density at radius 2 is 2.32 bits per heavy atom. The van der Waals surface area contributed by atoms with Crippen molar-refractivity contribution in [1.29, 1.82) is 0 Å². The van der Waals surface area contributed by atoms with Crippen LogP contribution in [0.15, 0.2) is 27.2 Å². The van der Waals surface area contributed by atoms with Gasteiger partial charge in [0.1, 0.15) is 0 Å². The van der Waals surface area contributed by atoms with Gasteiger partial charge in [-0.2, -0.15) is 4.98 Å². The number of carbonyl (C=O) groups is 1. The predicted octanol–water partition coefficient (Wildman–Crippen LogP) is 2.77. The molecule has 1 aromatic carbocycles. The molecule has 0 fully saturated rings. The highest BCUT2D eigenvalue weighted by Crippen LogP contribution is 2.21. The maximum Gasteiger partial charge on any atom is 0.252 e. The van der Waals surface area contributed by atoms with Gasteiger partial charge in [-0.3, -0.25) is 4.79 Å². The zero-order valence-corrected chi connectivity index (χ0v) is 12.5. The summed E-state index contributed by atoms with van der Waals surface area (Å²) < 4.78 is 5.61. The first kappa shape index (κ1) is 14.0. The van der Waals surface area contributed by atoms with Crippen molar-refractivity contribution >= 4 is 33.4 Å². The fourth-order valence-corrected chi connectivity index (χ4v) is 2.36. The first-order valence-electron chi connectivity index (χ1n) is 5.58.